The summed E-state index contributed by atoms with van der Waals surface area (Å²) in [6, 6.07) is 0. The molecule has 1 aliphatic heterocycles. The highest BCUT2D eigenvalue weighted by atomic mass is 19.1. The Morgan fingerprint density at radius 3 is 2.77 bits per heavy atom. The molecule has 0 radical (unpaired) electrons. The molecule has 0 aromatic carbocycles. The van der Waals surface area contributed by atoms with Gasteiger partial charge in [-0.25, -0.2) is 9.45 Å². The van der Waals surface area contributed by atoms with Gasteiger partial charge in [0, 0.05) is 0 Å². The van der Waals surface area contributed by atoms with Gasteiger partial charge in [-0.05, 0) is 13.3 Å². The summed E-state index contributed by atoms with van der Waals surface area (Å²) in [5.41, 5.74) is -0.899. The van der Waals surface area contributed by atoms with Crippen molar-refractivity contribution in [3.63, 3.8) is 0 Å². The van der Waals surface area contributed by atoms with Crippen LogP contribution in [-0.4, -0.2) is 41.5 Å². The van der Waals surface area contributed by atoms with E-state index in [0.717, 1.165) is 5.06 Å². The standard InChI is InChI=1S/C8H12FNO3/c1-8(2-6(8)9)7(12)10-3-5(11)4-13-10/h5-6,11H,2-4H2,1H3. The molecule has 2 aliphatic rings. The molecule has 0 aromatic heterocycles. The molecule has 13 heavy (non-hydrogen) atoms. The second-order valence-corrected chi connectivity index (χ2v) is 3.90. The van der Waals surface area contributed by atoms with Crippen LogP contribution in [0.5, 0.6) is 0 Å². The number of hydrogen-bond acceptors (Lipinski definition) is 3. The highest BCUT2D eigenvalue weighted by Gasteiger charge is 2.59. The molecule has 4 nitrogen and oxygen atoms in total. The number of rotatable bonds is 1. The molecule has 0 spiro atoms. The van der Waals surface area contributed by atoms with Crippen molar-refractivity contribution in [3.8, 4) is 0 Å². The van der Waals surface area contributed by atoms with Crippen LogP contribution < -0.4 is 0 Å². The van der Waals surface area contributed by atoms with Crippen molar-refractivity contribution in [2.75, 3.05) is 13.2 Å². The third kappa shape index (κ3) is 1.32. The Balaban J connectivity index is 1.99. The largest absolute Gasteiger partial charge is 0.389 e. The molecule has 2 fully saturated rings. The van der Waals surface area contributed by atoms with Crippen molar-refractivity contribution < 1.29 is 19.1 Å². The Kier molecular flexibility index (Phi) is 1.82. The zero-order valence-corrected chi connectivity index (χ0v) is 7.36. The van der Waals surface area contributed by atoms with E-state index < -0.39 is 17.7 Å². The Morgan fingerprint density at radius 1 is 1.77 bits per heavy atom. The maximum absolute atomic E-state index is 12.8. The Morgan fingerprint density at radius 2 is 2.38 bits per heavy atom. The summed E-state index contributed by atoms with van der Waals surface area (Å²) >= 11 is 0. The normalized spacial score (nSPS) is 43.8. The van der Waals surface area contributed by atoms with E-state index in [0.29, 0.717) is 0 Å². The van der Waals surface area contributed by atoms with Crippen LogP contribution >= 0.6 is 0 Å². The molecule has 3 atom stereocenters. The smallest absolute Gasteiger partial charge is 0.255 e. The summed E-state index contributed by atoms with van der Waals surface area (Å²) in [5, 5.41) is 10.2. The van der Waals surface area contributed by atoms with Gasteiger partial charge in [0.15, 0.2) is 0 Å². The van der Waals surface area contributed by atoms with E-state index in [-0.39, 0.29) is 25.5 Å². The van der Waals surface area contributed by atoms with Gasteiger partial charge in [-0.1, -0.05) is 0 Å². The lowest BCUT2D eigenvalue weighted by atomic mass is 10.1. The van der Waals surface area contributed by atoms with Crippen LogP contribution in [0.1, 0.15) is 13.3 Å². The maximum atomic E-state index is 12.8. The summed E-state index contributed by atoms with van der Waals surface area (Å²) in [7, 11) is 0. The molecule has 74 valence electrons. The van der Waals surface area contributed by atoms with Crippen molar-refractivity contribution in [3.05, 3.63) is 0 Å². The number of hydrogen-bond donors (Lipinski definition) is 1. The number of carbonyl (C=O) groups is 1. The van der Waals surface area contributed by atoms with E-state index in [1.54, 1.807) is 6.92 Å². The number of carbonyl (C=O) groups excluding carboxylic acids is 1. The fourth-order valence-electron chi connectivity index (χ4n) is 1.43. The monoisotopic (exact) mass is 189 g/mol. The van der Waals surface area contributed by atoms with Crippen molar-refractivity contribution in [1.29, 1.82) is 0 Å². The Bertz CT molecular complexity index is 248. The van der Waals surface area contributed by atoms with Gasteiger partial charge in [0.05, 0.1) is 18.1 Å². The van der Waals surface area contributed by atoms with Crippen molar-refractivity contribution >= 4 is 5.91 Å². The third-order valence-corrected chi connectivity index (χ3v) is 2.65. The van der Waals surface area contributed by atoms with Crippen LogP contribution in [0.3, 0.4) is 0 Å². The SMILES string of the molecule is CC1(C(=O)N2CC(O)CO2)CC1F. The van der Waals surface area contributed by atoms with E-state index in [9.17, 15) is 9.18 Å². The van der Waals surface area contributed by atoms with Gasteiger partial charge < -0.3 is 5.11 Å². The molecule has 5 heteroatoms. The minimum absolute atomic E-state index is 0.124. The second-order valence-electron chi connectivity index (χ2n) is 3.90. The molecule has 1 amide bonds. The lowest BCUT2D eigenvalue weighted by molar-refractivity contribution is -0.175. The molecule has 0 bridgehead atoms. The van der Waals surface area contributed by atoms with E-state index in [4.69, 9.17) is 9.94 Å². The predicted octanol–water partition coefficient (Wildman–Crippen LogP) is -0.131. The molecule has 1 aliphatic carbocycles. The lowest BCUT2D eigenvalue weighted by Crippen LogP contribution is -2.35. The first-order valence-electron chi connectivity index (χ1n) is 4.31. The van der Waals surface area contributed by atoms with E-state index in [1.165, 1.54) is 0 Å². The van der Waals surface area contributed by atoms with Gasteiger partial charge in [0.1, 0.15) is 12.8 Å². The van der Waals surface area contributed by atoms with E-state index >= 15 is 0 Å². The summed E-state index contributed by atoms with van der Waals surface area (Å²) in [6.45, 7) is 1.86. The molecule has 1 heterocycles. The first kappa shape index (κ1) is 8.90. The Hall–Kier alpha value is -0.680. The van der Waals surface area contributed by atoms with Crippen LogP contribution in [0.25, 0.3) is 0 Å². The predicted molar refractivity (Wildman–Crippen MR) is 41.3 cm³/mol. The summed E-state index contributed by atoms with van der Waals surface area (Å²) in [4.78, 5) is 16.4. The van der Waals surface area contributed by atoms with Gasteiger partial charge in [-0.15, -0.1) is 0 Å². The van der Waals surface area contributed by atoms with Crippen LogP contribution in [0, 0.1) is 5.41 Å². The summed E-state index contributed by atoms with van der Waals surface area (Å²) < 4.78 is 12.8. The minimum Gasteiger partial charge on any atom is -0.389 e. The number of aliphatic hydroxyl groups is 1. The number of nitrogens with zero attached hydrogens (tertiary/aromatic N) is 1. The van der Waals surface area contributed by atoms with Gasteiger partial charge in [0.25, 0.3) is 5.91 Å². The van der Waals surface area contributed by atoms with Crippen LogP contribution in [0.15, 0.2) is 0 Å². The van der Waals surface area contributed by atoms with Gasteiger partial charge >= 0.3 is 0 Å². The Labute approximate surface area is 75.2 Å². The molecule has 1 N–H and O–H groups in total. The fraction of sp³-hybridized carbons (Fsp3) is 0.875. The lowest BCUT2D eigenvalue weighted by Gasteiger charge is -2.17. The number of β-amino-alcohol motifs (C(OH)–C–C–N with tert-alkyl or cyclic N) is 1. The van der Waals surface area contributed by atoms with Gasteiger partial charge in [-0.2, -0.15) is 0 Å². The third-order valence-electron chi connectivity index (χ3n) is 2.65. The molecule has 2 rings (SSSR count). The number of halogens is 1. The fourth-order valence-corrected chi connectivity index (χ4v) is 1.43. The molecular formula is C8H12FNO3. The van der Waals surface area contributed by atoms with Crippen molar-refractivity contribution in [2.45, 2.75) is 25.6 Å². The van der Waals surface area contributed by atoms with E-state index in [1.807, 2.05) is 0 Å². The topological polar surface area (TPSA) is 49.8 Å². The number of aliphatic hydroxyl groups excluding tert-OH is 1. The first-order valence-corrected chi connectivity index (χ1v) is 4.31. The average molecular weight is 189 g/mol. The highest BCUT2D eigenvalue weighted by molar-refractivity contribution is 5.85. The molecule has 3 unspecified atom stereocenters. The summed E-state index contributed by atoms with van der Waals surface area (Å²) in [6.07, 6.45) is -1.42. The number of alkyl halides is 1. The number of amides is 1. The molecule has 1 saturated heterocycles. The van der Waals surface area contributed by atoms with Crippen LogP contribution in [0.2, 0.25) is 0 Å². The summed E-state index contributed by atoms with van der Waals surface area (Å²) in [5.74, 6) is -0.350. The van der Waals surface area contributed by atoms with Crippen molar-refractivity contribution in [2.24, 2.45) is 5.41 Å². The van der Waals surface area contributed by atoms with E-state index in [2.05, 4.69) is 0 Å². The van der Waals surface area contributed by atoms with Crippen LogP contribution in [-0.2, 0) is 9.63 Å². The zero-order chi connectivity index (χ0) is 9.64. The second kappa shape index (κ2) is 2.65. The first-order chi connectivity index (χ1) is 6.04. The quantitative estimate of drug-likeness (QED) is 0.625. The molecular weight excluding hydrogens is 177 g/mol. The van der Waals surface area contributed by atoms with Crippen LogP contribution in [0.4, 0.5) is 4.39 Å². The number of hydroxylamine groups is 2. The molecule has 0 aromatic rings. The minimum atomic E-state index is -1.05. The highest BCUT2D eigenvalue weighted by Crippen LogP contribution is 2.49. The molecule has 1 saturated carbocycles. The van der Waals surface area contributed by atoms with Gasteiger partial charge in [0.2, 0.25) is 0 Å². The average Bonchev–Trinajstić information content (AvgIpc) is 2.51. The van der Waals surface area contributed by atoms with Crippen molar-refractivity contribution in [1.82, 2.24) is 5.06 Å². The van der Waals surface area contributed by atoms with Gasteiger partial charge in [-0.3, -0.25) is 9.63 Å². The maximum Gasteiger partial charge on any atom is 0.255 e. The zero-order valence-electron chi connectivity index (χ0n) is 7.36.